The maximum atomic E-state index is 9.18. The molecule has 0 bridgehead atoms. The van der Waals surface area contributed by atoms with E-state index in [0.29, 0.717) is 29.8 Å². The highest BCUT2D eigenvalue weighted by Gasteiger charge is 2.14. The summed E-state index contributed by atoms with van der Waals surface area (Å²) in [5.41, 5.74) is 2.70. The van der Waals surface area contributed by atoms with Crippen LogP contribution in [0.15, 0.2) is 24.3 Å². The van der Waals surface area contributed by atoms with E-state index in [9.17, 15) is 5.11 Å². The van der Waals surface area contributed by atoms with Crippen molar-refractivity contribution in [1.82, 2.24) is 9.97 Å². The lowest BCUT2D eigenvalue weighted by Gasteiger charge is -2.13. The number of rotatable bonds is 5. The van der Waals surface area contributed by atoms with E-state index >= 15 is 0 Å². The van der Waals surface area contributed by atoms with Crippen molar-refractivity contribution in [2.75, 3.05) is 6.61 Å². The van der Waals surface area contributed by atoms with E-state index < -0.39 is 0 Å². The van der Waals surface area contributed by atoms with Crippen molar-refractivity contribution < 1.29 is 9.84 Å². The largest absolute Gasteiger partial charge is 0.478 e. The summed E-state index contributed by atoms with van der Waals surface area (Å²) in [5, 5.41) is 9.89. The fourth-order valence-electron chi connectivity index (χ4n) is 1.99. The molecule has 0 amide bonds. The summed E-state index contributed by atoms with van der Waals surface area (Å²) in [7, 11) is 0. The summed E-state index contributed by atoms with van der Waals surface area (Å²) < 4.78 is 5.57. The Morgan fingerprint density at radius 1 is 1.25 bits per heavy atom. The Morgan fingerprint density at radius 2 is 2.00 bits per heavy atom. The van der Waals surface area contributed by atoms with Crippen molar-refractivity contribution in [1.29, 1.82) is 0 Å². The van der Waals surface area contributed by atoms with Gasteiger partial charge in [0.2, 0.25) is 5.88 Å². The molecule has 5 heteroatoms. The number of aryl methyl sites for hydroxylation is 1. The molecule has 0 aliphatic rings. The summed E-state index contributed by atoms with van der Waals surface area (Å²) in [6.07, 6.45) is 0.604. The highest BCUT2D eigenvalue weighted by molar-refractivity contribution is 6.31. The molecule has 0 aliphatic heterocycles. The zero-order valence-electron chi connectivity index (χ0n) is 11.6. The third kappa shape index (κ3) is 3.26. The maximum Gasteiger partial charge on any atom is 0.220 e. The Balaban J connectivity index is 2.42. The fraction of sp³-hybridized carbons (Fsp3) is 0.333. The number of halogens is 1. The Morgan fingerprint density at radius 3 is 2.65 bits per heavy atom. The topological polar surface area (TPSA) is 55.2 Å². The molecule has 0 saturated heterocycles. The normalized spacial score (nSPS) is 10.6. The summed E-state index contributed by atoms with van der Waals surface area (Å²) in [6, 6.07) is 7.67. The highest BCUT2D eigenvalue weighted by Crippen LogP contribution is 2.26. The maximum absolute atomic E-state index is 9.18. The fourth-order valence-corrected chi connectivity index (χ4v) is 2.19. The second kappa shape index (κ2) is 6.68. The first-order valence-electron chi connectivity index (χ1n) is 6.49. The molecule has 1 N–H and O–H groups in total. The Bertz CT molecular complexity index is 602. The Hall–Kier alpha value is -1.65. The van der Waals surface area contributed by atoms with Gasteiger partial charge in [-0.05, 0) is 25.5 Å². The molecule has 0 fully saturated rings. The number of aliphatic hydroxyl groups is 1. The number of benzene rings is 1. The van der Waals surface area contributed by atoms with E-state index in [-0.39, 0.29) is 6.61 Å². The molecular formula is C15H17ClN2O2. The van der Waals surface area contributed by atoms with E-state index in [1.54, 1.807) is 0 Å². The van der Waals surface area contributed by atoms with Gasteiger partial charge in [0.05, 0.1) is 6.61 Å². The van der Waals surface area contributed by atoms with Crippen molar-refractivity contribution in [2.24, 2.45) is 0 Å². The molecule has 1 aromatic carbocycles. The van der Waals surface area contributed by atoms with Crippen LogP contribution in [0.1, 0.15) is 29.6 Å². The van der Waals surface area contributed by atoms with Crippen molar-refractivity contribution in [3.05, 3.63) is 51.9 Å². The van der Waals surface area contributed by atoms with Gasteiger partial charge in [-0.1, -0.05) is 29.8 Å². The van der Waals surface area contributed by atoms with E-state index in [1.165, 1.54) is 0 Å². The lowest BCUT2D eigenvalue weighted by molar-refractivity contribution is 0.264. The summed E-state index contributed by atoms with van der Waals surface area (Å²) in [6.45, 7) is 4.09. The quantitative estimate of drug-likeness (QED) is 0.920. The van der Waals surface area contributed by atoms with Crippen LogP contribution in [0.25, 0.3) is 0 Å². The van der Waals surface area contributed by atoms with Gasteiger partial charge < -0.3 is 9.84 Å². The predicted octanol–water partition coefficient (Wildman–Crippen LogP) is 2.92. The molecular weight excluding hydrogens is 276 g/mol. The number of ether oxygens (including phenoxy) is 1. The van der Waals surface area contributed by atoms with Crippen LogP contribution in [-0.2, 0) is 13.0 Å². The molecule has 4 nitrogen and oxygen atoms in total. The van der Waals surface area contributed by atoms with E-state index in [0.717, 1.165) is 16.8 Å². The number of aromatic nitrogens is 2. The third-order valence-corrected chi connectivity index (χ3v) is 3.34. The molecule has 106 valence electrons. The van der Waals surface area contributed by atoms with E-state index in [1.807, 2.05) is 38.1 Å². The van der Waals surface area contributed by atoms with Crippen LogP contribution in [0.3, 0.4) is 0 Å². The van der Waals surface area contributed by atoms with E-state index in [2.05, 4.69) is 9.97 Å². The molecule has 1 heterocycles. The molecule has 2 aromatic rings. The second-order valence-electron chi connectivity index (χ2n) is 4.37. The molecule has 0 spiro atoms. The third-order valence-electron chi connectivity index (χ3n) is 2.97. The second-order valence-corrected chi connectivity index (χ2v) is 4.78. The van der Waals surface area contributed by atoms with Gasteiger partial charge in [-0.15, -0.1) is 0 Å². The SMILES string of the molecule is CCOc1nc(CO)nc(C)c1Cc1ccccc1Cl. The summed E-state index contributed by atoms with van der Waals surface area (Å²) >= 11 is 6.19. The summed E-state index contributed by atoms with van der Waals surface area (Å²) in [5.74, 6) is 0.887. The number of aliphatic hydroxyl groups excluding tert-OH is 1. The average molecular weight is 293 g/mol. The molecule has 0 radical (unpaired) electrons. The molecule has 0 saturated carbocycles. The van der Waals surface area contributed by atoms with Crippen LogP contribution in [-0.4, -0.2) is 21.7 Å². The minimum absolute atomic E-state index is 0.201. The minimum atomic E-state index is -0.201. The van der Waals surface area contributed by atoms with Crippen LogP contribution >= 0.6 is 11.6 Å². The van der Waals surface area contributed by atoms with Crippen molar-refractivity contribution in [2.45, 2.75) is 26.9 Å². The van der Waals surface area contributed by atoms with Crippen LogP contribution in [0.5, 0.6) is 5.88 Å². The molecule has 0 atom stereocenters. The first-order valence-corrected chi connectivity index (χ1v) is 6.87. The zero-order valence-corrected chi connectivity index (χ0v) is 12.3. The average Bonchev–Trinajstić information content (AvgIpc) is 2.44. The summed E-state index contributed by atoms with van der Waals surface area (Å²) in [4.78, 5) is 8.52. The lowest BCUT2D eigenvalue weighted by atomic mass is 10.0. The minimum Gasteiger partial charge on any atom is -0.478 e. The molecule has 1 aromatic heterocycles. The van der Waals surface area contributed by atoms with Gasteiger partial charge in [0.15, 0.2) is 5.82 Å². The van der Waals surface area contributed by atoms with Crippen molar-refractivity contribution >= 4 is 11.6 Å². The molecule has 0 aliphatic carbocycles. The Labute approximate surface area is 123 Å². The van der Waals surface area contributed by atoms with Gasteiger partial charge in [-0.25, -0.2) is 4.98 Å². The van der Waals surface area contributed by atoms with Crippen LogP contribution < -0.4 is 4.74 Å². The van der Waals surface area contributed by atoms with Crippen LogP contribution in [0.2, 0.25) is 5.02 Å². The number of hydrogen-bond donors (Lipinski definition) is 1. The number of nitrogens with zero attached hydrogens (tertiary/aromatic N) is 2. The zero-order chi connectivity index (χ0) is 14.5. The van der Waals surface area contributed by atoms with Gasteiger partial charge in [-0.2, -0.15) is 4.98 Å². The first-order chi connectivity index (χ1) is 9.65. The van der Waals surface area contributed by atoms with Gasteiger partial charge in [-0.3, -0.25) is 0 Å². The van der Waals surface area contributed by atoms with Crippen LogP contribution in [0.4, 0.5) is 0 Å². The lowest BCUT2D eigenvalue weighted by Crippen LogP contribution is -2.08. The highest BCUT2D eigenvalue weighted by atomic mass is 35.5. The first kappa shape index (κ1) is 14.8. The predicted molar refractivity (Wildman–Crippen MR) is 78.1 cm³/mol. The number of hydrogen-bond acceptors (Lipinski definition) is 4. The van der Waals surface area contributed by atoms with Gasteiger partial charge in [0.1, 0.15) is 6.61 Å². The monoisotopic (exact) mass is 292 g/mol. The standard InChI is InChI=1S/C15H17ClN2O2/c1-3-20-15-12(10(2)17-14(9-19)18-15)8-11-6-4-5-7-13(11)16/h4-7,19H,3,8-9H2,1-2H3. The smallest absolute Gasteiger partial charge is 0.220 e. The van der Waals surface area contributed by atoms with E-state index in [4.69, 9.17) is 16.3 Å². The van der Waals surface area contributed by atoms with Crippen molar-refractivity contribution in [3.63, 3.8) is 0 Å². The molecule has 2 rings (SSSR count). The van der Waals surface area contributed by atoms with Crippen molar-refractivity contribution in [3.8, 4) is 5.88 Å². The van der Waals surface area contributed by atoms with Crippen LogP contribution in [0, 0.1) is 6.92 Å². The van der Waals surface area contributed by atoms with Gasteiger partial charge in [0, 0.05) is 22.7 Å². The Kier molecular flexibility index (Phi) is 4.93. The molecule has 20 heavy (non-hydrogen) atoms. The van der Waals surface area contributed by atoms with Gasteiger partial charge in [0.25, 0.3) is 0 Å². The molecule has 0 unspecified atom stereocenters. The van der Waals surface area contributed by atoms with Gasteiger partial charge >= 0.3 is 0 Å².